The number of carbonyl (C=O) groups excluding carboxylic acids is 1. The van der Waals surface area contributed by atoms with Crippen LogP contribution >= 0.6 is 11.8 Å². The maximum atomic E-state index is 10.9. The molecule has 72 valence electrons. The minimum Gasteiger partial charge on any atom is -0.396 e. The first-order valence-electron chi connectivity index (χ1n) is 3.90. The molecule has 0 bridgehead atoms. The third kappa shape index (κ3) is 6.64. The SMILES string of the molecule is COCC(=O)CSCC(C)CO. The summed E-state index contributed by atoms with van der Waals surface area (Å²) in [7, 11) is 1.51. The van der Waals surface area contributed by atoms with Crippen LogP contribution in [-0.4, -0.2) is 42.7 Å². The maximum absolute atomic E-state index is 10.9. The van der Waals surface area contributed by atoms with Crippen LogP contribution in [0.25, 0.3) is 0 Å². The summed E-state index contributed by atoms with van der Waals surface area (Å²) in [5.74, 6) is 1.68. The number of Topliss-reactive ketones (excluding diaryl/α,β-unsaturated/α-hetero) is 1. The van der Waals surface area contributed by atoms with Gasteiger partial charge in [0.2, 0.25) is 0 Å². The molecule has 0 radical (unpaired) electrons. The first-order chi connectivity index (χ1) is 5.70. The molecule has 0 saturated heterocycles. The molecule has 0 spiro atoms. The summed E-state index contributed by atoms with van der Waals surface area (Å²) in [5, 5.41) is 8.68. The second-order valence-electron chi connectivity index (χ2n) is 2.77. The van der Waals surface area contributed by atoms with Gasteiger partial charge in [-0.1, -0.05) is 6.92 Å². The maximum Gasteiger partial charge on any atom is 0.168 e. The standard InChI is InChI=1S/C8H16O3S/c1-7(3-9)5-12-6-8(10)4-11-2/h7,9H,3-6H2,1-2H3. The van der Waals surface area contributed by atoms with Gasteiger partial charge >= 0.3 is 0 Å². The zero-order chi connectivity index (χ0) is 9.40. The van der Waals surface area contributed by atoms with E-state index in [4.69, 9.17) is 5.11 Å². The molecule has 0 aliphatic heterocycles. The fourth-order valence-electron chi connectivity index (χ4n) is 0.629. The molecule has 0 fully saturated rings. The molecule has 4 heteroatoms. The van der Waals surface area contributed by atoms with E-state index in [-0.39, 0.29) is 24.9 Å². The van der Waals surface area contributed by atoms with Crippen molar-refractivity contribution in [3.63, 3.8) is 0 Å². The van der Waals surface area contributed by atoms with Crippen molar-refractivity contribution < 1.29 is 14.6 Å². The lowest BCUT2D eigenvalue weighted by molar-refractivity contribution is -0.120. The summed E-state index contributed by atoms with van der Waals surface area (Å²) in [5.41, 5.74) is 0. The number of ketones is 1. The predicted molar refractivity (Wildman–Crippen MR) is 50.5 cm³/mol. The zero-order valence-electron chi connectivity index (χ0n) is 7.58. The third-order valence-electron chi connectivity index (χ3n) is 1.28. The number of rotatable bonds is 7. The van der Waals surface area contributed by atoms with Gasteiger partial charge < -0.3 is 9.84 Å². The van der Waals surface area contributed by atoms with Gasteiger partial charge in [0, 0.05) is 13.7 Å². The Balaban J connectivity index is 3.24. The predicted octanol–water partition coefficient (Wildman–Crippen LogP) is 0.564. The van der Waals surface area contributed by atoms with Gasteiger partial charge in [-0.2, -0.15) is 11.8 Å². The lowest BCUT2D eigenvalue weighted by Gasteiger charge is -2.05. The number of aliphatic hydroxyl groups excluding tert-OH is 1. The molecule has 0 aliphatic carbocycles. The van der Waals surface area contributed by atoms with Crippen LogP contribution in [0.2, 0.25) is 0 Å². The van der Waals surface area contributed by atoms with Crippen molar-refractivity contribution in [1.29, 1.82) is 0 Å². The minimum absolute atomic E-state index is 0.104. The fourth-order valence-corrected chi connectivity index (χ4v) is 1.57. The number of ether oxygens (including phenoxy) is 1. The second-order valence-corrected chi connectivity index (χ2v) is 3.80. The van der Waals surface area contributed by atoms with Gasteiger partial charge in [-0.15, -0.1) is 0 Å². The van der Waals surface area contributed by atoms with Gasteiger partial charge in [0.1, 0.15) is 6.61 Å². The summed E-state index contributed by atoms with van der Waals surface area (Å²) in [6.07, 6.45) is 0. The molecule has 0 aromatic carbocycles. The molecule has 1 unspecified atom stereocenters. The van der Waals surface area contributed by atoms with Crippen LogP contribution in [0.4, 0.5) is 0 Å². The van der Waals surface area contributed by atoms with Crippen LogP contribution in [-0.2, 0) is 9.53 Å². The molecular weight excluding hydrogens is 176 g/mol. The van der Waals surface area contributed by atoms with Crippen molar-refractivity contribution in [2.75, 3.05) is 31.8 Å². The van der Waals surface area contributed by atoms with Crippen LogP contribution in [0.15, 0.2) is 0 Å². The van der Waals surface area contributed by atoms with Crippen LogP contribution in [0.5, 0.6) is 0 Å². The van der Waals surface area contributed by atoms with Crippen molar-refractivity contribution in [3.05, 3.63) is 0 Å². The highest BCUT2D eigenvalue weighted by Crippen LogP contribution is 2.07. The number of carbonyl (C=O) groups is 1. The molecule has 1 atom stereocenters. The molecule has 0 aromatic heterocycles. The quantitative estimate of drug-likeness (QED) is 0.640. The van der Waals surface area contributed by atoms with Crippen LogP contribution in [0.3, 0.4) is 0 Å². The van der Waals surface area contributed by atoms with Crippen molar-refractivity contribution in [2.24, 2.45) is 5.92 Å². The first kappa shape index (κ1) is 11.9. The highest BCUT2D eigenvalue weighted by atomic mass is 32.2. The van der Waals surface area contributed by atoms with Gasteiger partial charge in [0.05, 0.1) is 5.75 Å². The largest absolute Gasteiger partial charge is 0.396 e. The molecule has 0 saturated carbocycles. The Bertz CT molecular complexity index is 127. The summed E-state index contributed by atoms with van der Waals surface area (Å²) in [6.45, 7) is 2.33. The lowest BCUT2D eigenvalue weighted by Crippen LogP contribution is -2.11. The van der Waals surface area contributed by atoms with E-state index in [9.17, 15) is 4.79 Å². The van der Waals surface area contributed by atoms with Crippen LogP contribution in [0.1, 0.15) is 6.92 Å². The van der Waals surface area contributed by atoms with E-state index in [1.54, 1.807) is 11.8 Å². The van der Waals surface area contributed by atoms with Gasteiger partial charge in [-0.05, 0) is 11.7 Å². The minimum atomic E-state index is 0.104. The Morgan fingerprint density at radius 1 is 1.67 bits per heavy atom. The van der Waals surface area contributed by atoms with Gasteiger partial charge in [-0.3, -0.25) is 4.79 Å². The summed E-state index contributed by atoms with van der Waals surface area (Å²) < 4.78 is 4.68. The first-order valence-corrected chi connectivity index (χ1v) is 5.05. The Labute approximate surface area is 77.5 Å². The molecule has 3 nitrogen and oxygen atoms in total. The number of hydrogen-bond donors (Lipinski definition) is 1. The van der Waals surface area contributed by atoms with Crippen molar-refractivity contribution in [1.82, 2.24) is 0 Å². The van der Waals surface area contributed by atoms with Crippen molar-refractivity contribution in [3.8, 4) is 0 Å². The molecule has 12 heavy (non-hydrogen) atoms. The molecular formula is C8H16O3S. The second kappa shape index (κ2) is 7.58. The Morgan fingerprint density at radius 3 is 2.83 bits per heavy atom. The van der Waals surface area contributed by atoms with Crippen LogP contribution < -0.4 is 0 Å². The average Bonchev–Trinajstić information content (AvgIpc) is 2.04. The van der Waals surface area contributed by atoms with Crippen molar-refractivity contribution >= 4 is 17.5 Å². The number of hydrogen-bond acceptors (Lipinski definition) is 4. The van der Waals surface area contributed by atoms with Crippen LogP contribution in [0, 0.1) is 5.92 Å². The number of methoxy groups -OCH3 is 1. The monoisotopic (exact) mass is 192 g/mol. The van der Waals surface area contributed by atoms with E-state index >= 15 is 0 Å². The smallest absolute Gasteiger partial charge is 0.168 e. The van der Waals surface area contributed by atoms with E-state index in [2.05, 4.69) is 4.74 Å². The van der Waals surface area contributed by atoms with E-state index in [1.807, 2.05) is 6.92 Å². The summed E-state index contributed by atoms with van der Waals surface area (Å²) >= 11 is 1.54. The Hall–Kier alpha value is -0.0600. The molecule has 0 heterocycles. The molecule has 0 aliphatic rings. The van der Waals surface area contributed by atoms with Gasteiger partial charge in [0.15, 0.2) is 5.78 Å². The topological polar surface area (TPSA) is 46.5 Å². The van der Waals surface area contributed by atoms with E-state index in [1.165, 1.54) is 7.11 Å². The summed E-state index contributed by atoms with van der Waals surface area (Å²) in [4.78, 5) is 10.9. The Morgan fingerprint density at radius 2 is 2.33 bits per heavy atom. The highest BCUT2D eigenvalue weighted by molar-refractivity contribution is 7.99. The third-order valence-corrected chi connectivity index (χ3v) is 2.61. The van der Waals surface area contributed by atoms with E-state index in [0.717, 1.165) is 5.75 Å². The number of thioether (sulfide) groups is 1. The Kier molecular flexibility index (Phi) is 7.54. The molecule has 0 amide bonds. The summed E-state index contributed by atoms with van der Waals surface area (Å²) in [6, 6.07) is 0. The number of aliphatic hydroxyl groups is 1. The lowest BCUT2D eigenvalue weighted by atomic mass is 10.2. The van der Waals surface area contributed by atoms with Crippen molar-refractivity contribution in [2.45, 2.75) is 6.92 Å². The molecule has 0 rings (SSSR count). The van der Waals surface area contributed by atoms with Gasteiger partial charge in [-0.25, -0.2) is 0 Å². The highest BCUT2D eigenvalue weighted by Gasteiger charge is 2.03. The van der Waals surface area contributed by atoms with E-state index in [0.29, 0.717) is 5.75 Å². The average molecular weight is 192 g/mol. The normalized spacial score (nSPS) is 12.9. The van der Waals surface area contributed by atoms with E-state index < -0.39 is 0 Å². The fraction of sp³-hybridized carbons (Fsp3) is 0.875. The van der Waals surface area contributed by atoms with Gasteiger partial charge in [0.25, 0.3) is 0 Å². The molecule has 1 N–H and O–H groups in total. The molecule has 0 aromatic rings. The zero-order valence-corrected chi connectivity index (χ0v) is 8.39.